The topological polar surface area (TPSA) is 21.7 Å². The molecule has 3 nitrogen and oxygen atoms in total. The summed E-state index contributed by atoms with van der Waals surface area (Å²) >= 11 is 0. The highest BCUT2D eigenvalue weighted by molar-refractivity contribution is 5.90. The van der Waals surface area contributed by atoms with Gasteiger partial charge in [0.05, 0.1) is 16.6 Å². The number of hydrogen-bond donors (Lipinski definition) is 0. The Hall–Kier alpha value is -2.94. The van der Waals surface area contributed by atoms with Crippen LogP contribution >= 0.6 is 0 Å². The molecule has 0 unspecified atom stereocenters. The van der Waals surface area contributed by atoms with Crippen LogP contribution in [0.25, 0.3) is 39.4 Å². The number of aryl methyl sites for hydroxylation is 2. The number of allylic oxidation sites excluding steroid dienone is 1. The average molecular weight is 405 g/mol. The molecule has 30 heavy (non-hydrogen) atoms. The van der Waals surface area contributed by atoms with E-state index < -0.39 is 20.1 Å². The van der Waals surface area contributed by atoms with Crippen molar-refractivity contribution in [3.05, 3.63) is 64.5 Å². The lowest BCUT2D eigenvalue weighted by atomic mass is 9.95. The Bertz CT molecular complexity index is 1640. The first-order chi connectivity index (χ1) is 17.5. The lowest BCUT2D eigenvalue weighted by Gasteiger charge is -2.12. The number of pyridine rings is 1. The third kappa shape index (κ3) is 2.79. The van der Waals surface area contributed by atoms with Crippen molar-refractivity contribution < 1.29 is 15.5 Å². The average Bonchev–Trinajstić information content (AvgIpc) is 3.36. The summed E-state index contributed by atoms with van der Waals surface area (Å²) in [4.78, 5) is 4.67. The van der Waals surface area contributed by atoms with Gasteiger partial charge in [0.15, 0.2) is 0 Å². The molecule has 0 aliphatic carbocycles. The zero-order valence-electron chi connectivity index (χ0n) is 25.7. The lowest BCUT2D eigenvalue weighted by molar-refractivity contribution is -0.633. The van der Waals surface area contributed by atoms with Crippen molar-refractivity contribution in [2.75, 3.05) is 0 Å². The van der Waals surface area contributed by atoms with Crippen molar-refractivity contribution in [1.29, 1.82) is 0 Å². The van der Waals surface area contributed by atoms with E-state index in [4.69, 9.17) is 11.0 Å². The van der Waals surface area contributed by atoms with Gasteiger partial charge in [-0.2, -0.15) is 4.57 Å². The lowest BCUT2D eigenvalue weighted by Crippen LogP contribution is -2.32. The third-order valence-electron chi connectivity index (χ3n) is 5.88. The van der Waals surface area contributed by atoms with Crippen LogP contribution in [0.4, 0.5) is 0 Å². The SMILES string of the molecule is [2H]C([2H])([2H])C1=Cn2c(nc3cc(-c4ccc5c(C([2H])([2H])C(C)C)cccc5[n+]4C)c(C)c(C([2H])([2H])[2H])c32)C1. The Labute approximate surface area is 189 Å². The van der Waals surface area contributed by atoms with E-state index in [0.29, 0.717) is 33.5 Å². The molecule has 152 valence electrons. The van der Waals surface area contributed by atoms with Gasteiger partial charge in [-0.05, 0) is 67.3 Å². The Morgan fingerprint density at radius 3 is 2.83 bits per heavy atom. The van der Waals surface area contributed by atoms with Gasteiger partial charge in [0.2, 0.25) is 11.2 Å². The first-order valence-corrected chi connectivity index (χ1v) is 10.2. The third-order valence-corrected chi connectivity index (χ3v) is 5.88. The predicted octanol–water partition coefficient (Wildman–Crippen LogP) is 5.91. The zero-order chi connectivity index (χ0) is 27.9. The van der Waals surface area contributed by atoms with Crippen LogP contribution in [0.3, 0.4) is 0 Å². The van der Waals surface area contributed by atoms with E-state index in [1.165, 1.54) is 6.20 Å². The monoisotopic (exact) mass is 404 g/mol. The minimum Gasteiger partial charge on any atom is -0.303 e. The zero-order valence-corrected chi connectivity index (χ0v) is 17.7. The van der Waals surface area contributed by atoms with Crippen molar-refractivity contribution >= 4 is 28.1 Å². The summed E-state index contributed by atoms with van der Waals surface area (Å²) in [5.41, 5.74) is 4.80. The maximum Gasteiger partial charge on any atom is 0.213 e. The maximum absolute atomic E-state index is 8.66. The Morgan fingerprint density at radius 2 is 2.07 bits per heavy atom. The summed E-state index contributed by atoms with van der Waals surface area (Å²) in [6.07, 6.45) is 0.131. The van der Waals surface area contributed by atoms with Crippen LogP contribution in [0.5, 0.6) is 0 Å². The van der Waals surface area contributed by atoms with Crippen LogP contribution in [0.1, 0.15) is 54.2 Å². The summed E-state index contributed by atoms with van der Waals surface area (Å²) in [6.45, 7) is 0.770. The molecule has 0 saturated carbocycles. The predicted molar refractivity (Wildman–Crippen MR) is 126 cm³/mol. The molecule has 0 fully saturated rings. The molecule has 0 atom stereocenters. The fraction of sp³-hybridized carbons (Fsp3) is 0.333. The van der Waals surface area contributed by atoms with Crippen molar-refractivity contribution in [3.63, 3.8) is 0 Å². The van der Waals surface area contributed by atoms with Crippen LogP contribution in [-0.4, -0.2) is 9.55 Å². The summed E-state index contributed by atoms with van der Waals surface area (Å²) in [7, 11) is 1.89. The fourth-order valence-corrected chi connectivity index (χ4v) is 4.44. The molecule has 5 rings (SSSR count). The van der Waals surface area contributed by atoms with Gasteiger partial charge in [0.25, 0.3) is 0 Å². The number of imidazole rings is 1. The van der Waals surface area contributed by atoms with Crippen molar-refractivity contribution in [2.45, 2.75) is 47.3 Å². The standard InChI is InChI=1S/C27H30N3/c1-16(2)12-20-8-7-9-24-21(20)10-11-25(29(24)6)22-14-23-27(19(5)18(22)4)30-15-17(3)13-26(30)28-23/h7-11,14-16H,12-13H2,1-6H3/q+1/i3D3,5D3,12D2. The Morgan fingerprint density at radius 1 is 1.20 bits per heavy atom. The molecule has 3 heterocycles. The molecule has 0 radical (unpaired) electrons. The summed E-state index contributed by atoms with van der Waals surface area (Å²) < 4.78 is 69.3. The van der Waals surface area contributed by atoms with E-state index in [1.54, 1.807) is 11.5 Å². The Balaban J connectivity index is 1.78. The van der Waals surface area contributed by atoms with Gasteiger partial charge in [-0.3, -0.25) is 0 Å². The minimum atomic E-state index is -2.46. The molecule has 3 heteroatoms. The van der Waals surface area contributed by atoms with Gasteiger partial charge in [-0.25, -0.2) is 4.98 Å². The molecule has 1 aliphatic heterocycles. The number of benzene rings is 2. The first kappa shape index (κ1) is 12.0. The van der Waals surface area contributed by atoms with Gasteiger partial charge in [-0.15, -0.1) is 0 Å². The van der Waals surface area contributed by atoms with E-state index in [-0.39, 0.29) is 23.5 Å². The van der Waals surface area contributed by atoms with E-state index in [0.717, 1.165) is 16.6 Å². The molecule has 0 spiro atoms. The second-order valence-electron chi connectivity index (χ2n) is 8.34. The number of nitrogens with zero attached hydrogens (tertiary/aromatic N) is 3. The fourth-order valence-electron chi connectivity index (χ4n) is 4.44. The summed E-state index contributed by atoms with van der Waals surface area (Å²) in [5, 5.41) is 0.801. The van der Waals surface area contributed by atoms with Crippen molar-refractivity contribution in [1.82, 2.24) is 9.55 Å². The second kappa shape index (κ2) is 6.80. The van der Waals surface area contributed by atoms with Crippen LogP contribution in [0.2, 0.25) is 0 Å². The van der Waals surface area contributed by atoms with E-state index in [9.17, 15) is 0 Å². The molecule has 2 aromatic carbocycles. The molecular weight excluding hydrogens is 366 g/mol. The molecule has 2 aromatic heterocycles. The highest BCUT2D eigenvalue weighted by Gasteiger charge is 2.23. The molecule has 1 aliphatic rings. The molecular formula is C27H30N3+. The molecule has 4 aromatic rings. The van der Waals surface area contributed by atoms with Crippen molar-refractivity contribution in [2.24, 2.45) is 13.0 Å². The number of aromatic nitrogens is 3. The molecule has 0 saturated heterocycles. The largest absolute Gasteiger partial charge is 0.303 e. The van der Waals surface area contributed by atoms with Crippen LogP contribution in [-0.2, 0) is 19.8 Å². The minimum absolute atomic E-state index is 0.143. The molecule has 0 amide bonds. The highest BCUT2D eigenvalue weighted by Crippen LogP contribution is 2.34. The first-order valence-electron chi connectivity index (χ1n) is 14.2. The normalized spacial score (nSPS) is 18.8. The van der Waals surface area contributed by atoms with Gasteiger partial charge in [-0.1, -0.05) is 26.0 Å². The van der Waals surface area contributed by atoms with Crippen LogP contribution in [0, 0.1) is 19.7 Å². The maximum atomic E-state index is 8.66. The number of hydrogen-bond acceptors (Lipinski definition) is 1. The van der Waals surface area contributed by atoms with E-state index >= 15 is 0 Å². The van der Waals surface area contributed by atoms with Gasteiger partial charge < -0.3 is 4.57 Å². The molecule has 0 N–H and O–H groups in total. The van der Waals surface area contributed by atoms with Gasteiger partial charge >= 0.3 is 0 Å². The second-order valence-corrected chi connectivity index (χ2v) is 8.34. The van der Waals surface area contributed by atoms with Crippen LogP contribution < -0.4 is 4.57 Å². The van der Waals surface area contributed by atoms with Gasteiger partial charge in [0, 0.05) is 41.1 Å². The summed E-state index contributed by atoms with van der Waals surface area (Å²) in [6, 6.07) is 11.3. The summed E-state index contributed by atoms with van der Waals surface area (Å²) in [5.74, 6) is 0.295. The smallest absolute Gasteiger partial charge is 0.213 e. The highest BCUT2D eigenvalue weighted by atomic mass is 15.1. The van der Waals surface area contributed by atoms with Crippen molar-refractivity contribution in [3.8, 4) is 11.3 Å². The quantitative estimate of drug-likeness (QED) is 0.389. The molecule has 0 bridgehead atoms. The van der Waals surface area contributed by atoms with Crippen LogP contribution in [0.15, 0.2) is 42.0 Å². The Kier molecular flexibility index (Phi) is 2.73. The number of rotatable bonds is 3. The van der Waals surface area contributed by atoms with Gasteiger partial charge in [0.1, 0.15) is 12.9 Å². The van der Waals surface area contributed by atoms with E-state index in [2.05, 4.69) is 4.98 Å². The van der Waals surface area contributed by atoms with E-state index in [1.807, 2.05) is 61.9 Å². The number of fused-ring (bicyclic) bond motifs is 4.